The zero-order valence-electron chi connectivity index (χ0n) is 25.9. The zero-order valence-corrected chi connectivity index (χ0v) is 25.9. The van der Waals surface area contributed by atoms with Crippen LogP contribution in [0.4, 0.5) is 21.1 Å². The maximum atomic E-state index is 13.1. The van der Waals surface area contributed by atoms with Crippen molar-refractivity contribution in [3.8, 4) is 5.69 Å². The lowest BCUT2D eigenvalue weighted by atomic mass is 9.92. The Labute approximate surface area is 262 Å². The third kappa shape index (κ3) is 7.56. The lowest BCUT2D eigenvalue weighted by molar-refractivity contribution is 0.0809. The van der Waals surface area contributed by atoms with Crippen LogP contribution in [0.5, 0.6) is 0 Å². The first-order chi connectivity index (χ1) is 21.6. The number of fused-ring (bicyclic) bond motifs is 1. The average Bonchev–Trinajstić information content (AvgIpc) is 3.57. The normalized spacial score (nSPS) is 14.3. The van der Waals surface area contributed by atoms with Crippen LogP contribution in [0, 0.1) is 0 Å². The summed E-state index contributed by atoms with van der Waals surface area (Å²) in [5.41, 5.74) is 3.36. The van der Waals surface area contributed by atoms with Gasteiger partial charge in [-0.1, -0.05) is 99.2 Å². The molecule has 0 unspecified atom stereocenters. The topological polar surface area (TPSA) is 106 Å². The molecule has 6 rings (SSSR count). The number of imide groups is 1. The summed E-state index contributed by atoms with van der Waals surface area (Å²) in [4.78, 5) is 38.9. The molecule has 1 aromatic heterocycles. The quantitative estimate of drug-likeness (QED) is 0.246. The highest BCUT2D eigenvalue weighted by atomic mass is 16.6. The molecule has 0 bridgehead atoms. The van der Waals surface area contributed by atoms with Gasteiger partial charge in [0.05, 0.1) is 23.6 Å². The van der Waals surface area contributed by atoms with Gasteiger partial charge in [-0.15, -0.1) is 0 Å². The van der Waals surface area contributed by atoms with Crippen LogP contribution in [-0.4, -0.2) is 45.9 Å². The van der Waals surface area contributed by atoms with E-state index in [9.17, 15) is 14.4 Å². The van der Waals surface area contributed by atoms with Crippen LogP contribution < -0.4 is 10.6 Å². The molecule has 0 saturated carbocycles. The number of nitrogens with one attached hydrogen (secondary N) is 2. The lowest BCUT2D eigenvalue weighted by Gasteiger charge is -2.14. The molecule has 0 atom stereocenters. The molecule has 1 aliphatic heterocycles. The van der Waals surface area contributed by atoms with E-state index in [2.05, 4.69) is 47.9 Å². The molecule has 45 heavy (non-hydrogen) atoms. The Bertz CT molecular complexity index is 1820. The van der Waals surface area contributed by atoms with Crippen LogP contribution in [0.3, 0.4) is 0 Å². The second-order valence-corrected chi connectivity index (χ2v) is 11.8. The number of aromatic nitrogens is 2. The van der Waals surface area contributed by atoms with Crippen molar-refractivity contribution >= 4 is 40.3 Å². The number of carbonyl (C=O) groups is 3. The van der Waals surface area contributed by atoms with Gasteiger partial charge in [0.2, 0.25) is 0 Å². The second kappa shape index (κ2) is 13.5. The Hall–Kier alpha value is -5.44. The number of urea groups is 1. The van der Waals surface area contributed by atoms with E-state index in [4.69, 9.17) is 9.84 Å². The van der Waals surface area contributed by atoms with E-state index in [0.29, 0.717) is 22.8 Å². The highest BCUT2D eigenvalue weighted by molar-refractivity contribution is 6.06. The standard InChI is InChI=1S/C28H27N5O4.C8H10/c1-28(2,3)23-17-24(30-26(35)29-22-13-7-9-18-8-4-5-12-21(18)22)33(31-23)20-11-6-10-19(16-20)25(34)32-14-15-37-27(32)36;1-8-6-4-2-3-5-7-8/h4-13,16-17H,14-15H2,1-3H3,(H2,29,30,35);2,4-7H,3H2,1H3. The van der Waals surface area contributed by atoms with Crippen molar-refractivity contribution in [1.29, 1.82) is 0 Å². The van der Waals surface area contributed by atoms with E-state index in [-0.39, 0.29) is 18.6 Å². The van der Waals surface area contributed by atoms with Crippen molar-refractivity contribution in [3.63, 3.8) is 0 Å². The maximum Gasteiger partial charge on any atom is 0.416 e. The molecule has 230 valence electrons. The number of rotatable bonds is 4. The number of benzene rings is 3. The first-order valence-electron chi connectivity index (χ1n) is 14.9. The van der Waals surface area contributed by atoms with Gasteiger partial charge in [0, 0.05) is 22.4 Å². The molecule has 0 spiro atoms. The molecule has 3 aromatic carbocycles. The Morgan fingerprint density at radius 1 is 0.933 bits per heavy atom. The zero-order chi connectivity index (χ0) is 32.0. The van der Waals surface area contributed by atoms with Crippen molar-refractivity contribution in [2.75, 3.05) is 23.8 Å². The predicted octanol–water partition coefficient (Wildman–Crippen LogP) is 8.01. The Morgan fingerprint density at radius 3 is 2.49 bits per heavy atom. The second-order valence-electron chi connectivity index (χ2n) is 11.8. The Kier molecular flexibility index (Phi) is 9.28. The summed E-state index contributed by atoms with van der Waals surface area (Å²) in [6, 6.07) is 21.7. The van der Waals surface area contributed by atoms with Crippen LogP contribution in [0.25, 0.3) is 16.5 Å². The van der Waals surface area contributed by atoms with Gasteiger partial charge in [0.1, 0.15) is 12.4 Å². The van der Waals surface area contributed by atoms with Crippen molar-refractivity contribution in [2.45, 2.75) is 39.5 Å². The van der Waals surface area contributed by atoms with E-state index in [1.54, 1.807) is 28.9 Å². The number of amides is 4. The summed E-state index contributed by atoms with van der Waals surface area (Å²) >= 11 is 0. The molecule has 2 N–H and O–H groups in total. The molecule has 4 aromatic rings. The molecule has 1 aliphatic carbocycles. The molecule has 9 nitrogen and oxygen atoms in total. The third-order valence-electron chi connectivity index (χ3n) is 7.25. The highest BCUT2D eigenvalue weighted by Crippen LogP contribution is 2.28. The van der Waals surface area contributed by atoms with Crippen LogP contribution in [0.15, 0.2) is 109 Å². The first-order valence-corrected chi connectivity index (χ1v) is 14.9. The number of ether oxygens (including phenoxy) is 1. The number of cyclic esters (lactones) is 1. The van der Waals surface area contributed by atoms with Gasteiger partial charge in [-0.3, -0.25) is 10.1 Å². The molecule has 2 aliphatic rings. The van der Waals surface area contributed by atoms with Crippen molar-refractivity contribution in [1.82, 2.24) is 14.7 Å². The van der Waals surface area contributed by atoms with Crippen LogP contribution in [0.2, 0.25) is 0 Å². The summed E-state index contributed by atoms with van der Waals surface area (Å²) in [6.07, 6.45) is 11.1. The first kappa shape index (κ1) is 31.0. The average molecular weight is 604 g/mol. The van der Waals surface area contributed by atoms with Crippen LogP contribution >= 0.6 is 0 Å². The molecule has 1 saturated heterocycles. The number of hydrogen-bond acceptors (Lipinski definition) is 5. The predicted molar refractivity (Wildman–Crippen MR) is 178 cm³/mol. The minimum Gasteiger partial charge on any atom is -0.447 e. The molecule has 1 fully saturated rings. The van der Waals surface area contributed by atoms with Gasteiger partial charge >= 0.3 is 12.1 Å². The minimum atomic E-state index is -0.656. The summed E-state index contributed by atoms with van der Waals surface area (Å²) < 4.78 is 6.48. The Balaban J connectivity index is 0.000000436. The van der Waals surface area contributed by atoms with E-state index < -0.39 is 18.0 Å². The largest absolute Gasteiger partial charge is 0.447 e. The fourth-order valence-electron chi connectivity index (χ4n) is 4.83. The smallest absolute Gasteiger partial charge is 0.416 e. The molecule has 9 heteroatoms. The van der Waals surface area contributed by atoms with Crippen molar-refractivity contribution < 1.29 is 19.1 Å². The van der Waals surface area contributed by atoms with E-state index in [0.717, 1.165) is 27.8 Å². The molecular weight excluding hydrogens is 566 g/mol. The number of allylic oxidation sites excluding steroid dienone is 6. The summed E-state index contributed by atoms with van der Waals surface area (Å²) in [5, 5.41) is 12.5. The van der Waals surface area contributed by atoms with Gasteiger partial charge < -0.3 is 10.1 Å². The monoisotopic (exact) mass is 603 g/mol. The fraction of sp³-hybridized carbons (Fsp3) is 0.222. The summed E-state index contributed by atoms with van der Waals surface area (Å²) in [7, 11) is 0. The lowest BCUT2D eigenvalue weighted by Crippen LogP contribution is -2.31. The number of hydrogen-bond donors (Lipinski definition) is 2. The minimum absolute atomic E-state index is 0.179. The summed E-state index contributed by atoms with van der Waals surface area (Å²) in [5.74, 6) is -0.0106. The number of nitrogens with zero attached hydrogens (tertiary/aromatic N) is 3. The third-order valence-corrected chi connectivity index (χ3v) is 7.25. The van der Waals surface area contributed by atoms with E-state index >= 15 is 0 Å². The van der Waals surface area contributed by atoms with Gasteiger partial charge in [0.25, 0.3) is 5.91 Å². The SMILES string of the molecule is CC(C)(C)c1cc(NC(=O)Nc2cccc3ccccc23)n(-c2cccc(C(=O)N3CCOC3=O)c2)n1.CC1=CC=CCC=C1. The van der Waals surface area contributed by atoms with E-state index in [1.165, 1.54) is 5.57 Å². The number of carbonyl (C=O) groups excluding carboxylic acids is 3. The van der Waals surface area contributed by atoms with Gasteiger partial charge in [0.15, 0.2) is 0 Å². The molecular formula is C36H37N5O4. The van der Waals surface area contributed by atoms with Crippen LogP contribution in [-0.2, 0) is 10.2 Å². The van der Waals surface area contributed by atoms with E-state index in [1.807, 2.05) is 69.3 Å². The maximum absolute atomic E-state index is 13.1. The number of anilines is 2. The van der Waals surface area contributed by atoms with Gasteiger partial charge in [-0.05, 0) is 43.0 Å². The molecule has 0 radical (unpaired) electrons. The molecule has 2 heterocycles. The van der Waals surface area contributed by atoms with Crippen LogP contribution in [0.1, 0.15) is 50.2 Å². The molecule has 4 amide bonds. The fourth-order valence-corrected chi connectivity index (χ4v) is 4.83. The van der Waals surface area contributed by atoms with Gasteiger partial charge in [-0.2, -0.15) is 5.10 Å². The Morgan fingerprint density at radius 2 is 1.71 bits per heavy atom. The summed E-state index contributed by atoms with van der Waals surface area (Å²) in [6.45, 7) is 8.57. The van der Waals surface area contributed by atoms with Crippen molar-refractivity contribution in [2.24, 2.45) is 0 Å². The highest BCUT2D eigenvalue weighted by Gasteiger charge is 2.29. The van der Waals surface area contributed by atoms with Gasteiger partial charge in [-0.25, -0.2) is 19.2 Å². The van der Waals surface area contributed by atoms with Crippen molar-refractivity contribution in [3.05, 3.63) is 120 Å².